The molecule has 0 saturated carbocycles. The van der Waals surface area contributed by atoms with Crippen LogP contribution in [0.2, 0.25) is 0 Å². The van der Waals surface area contributed by atoms with Crippen LogP contribution in [0.5, 0.6) is 0 Å². The van der Waals surface area contributed by atoms with Gasteiger partial charge in [-0.05, 0) is 61.7 Å². The third-order valence-electron chi connectivity index (χ3n) is 6.19. The SMILES string of the molecule is Cc1cc2cc(C(=O)N(Cc3ccc(C(F)(F)F)nn3)[C@@H]3CCCn4ccnc43)ccc2nc1N. The number of hydrogen-bond acceptors (Lipinski definition) is 6. The summed E-state index contributed by atoms with van der Waals surface area (Å²) in [6, 6.07) is 8.79. The van der Waals surface area contributed by atoms with Crippen LogP contribution in [0.15, 0.2) is 48.8 Å². The normalized spacial score (nSPS) is 15.7. The molecule has 0 spiro atoms. The summed E-state index contributed by atoms with van der Waals surface area (Å²) < 4.78 is 40.8. The van der Waals surface area contributed by atoms with Crippen LogP contribution in [-0.2, 0) is 19.3 Å². The number of nitrogens with zero attached hydrogens (tertiary/aromatic N) is 6. The Morgan fingerprint density at radius 2 is 2.03 bits per heavy atom. The van der Waals surface area contributed by atoms with Gasteiger partial charge < -0.3 is 15.2 Å². The molecule has 1 aliphatic rings. The number of hydrogen-bond donors (Lipinski definition) is 1. The Bertz CT molecular complexity index is 1400. The summed E-state index contributed by atoms with van der Waals surface area (Å²) in [4.78, 5) is 24.2. The Labute approximate surface area is 198 Å². The number of rotatable bonds is 4. The Morgan fingerprint density at radius 1 is 1.20 bits per heavy atom. The lowest BCUT2D eigenvalue weighted by molar-refractivity contribution is -0.141. The first-order valence-electron chi connectivity index (χ1n) is 11.1. The third-order valence-corrected chi connectivity index (χ3v) is 6.19. The van der Waals surface area contributed by atoms with Gasteiger partial charge in [0.2, 0.25) is 0 Å². The van der Waals surface area contributed by atoms with Gasteiger partial charge in [-0.15, -0.1) is 5.10 Å². The Hall–Kier alpha value is -4.02. The van der Waals surface area contributed by atoms with Crippen molar-refractivity contribution in [1.82, 2.24) is 29.6 Å². The highest BCUT2D eigenvalue weighted by Gasteiger charge is 2.34. The highest BCUT2D eigenvalue weighted by Crippen LogP contribution is 2.33. The van der Waals surface area contributed by atoms with E-state index in [1.165, 1.54) is 6.07 Å². The van der Waals surface area contributed by atoms with Crippen molar-refractivity contribution >= 4 is 22.6 Å². The minimum atomic E-state index is -4.59. The second-order valence-corrected chi connectivity index (χ2v) is 8.58. The van der Waals surface area contributed by atoms with Gasteiger partial charge in [0.15, 0.2) is 5.69 Å². The lowest BCUT2D eigenvalue weighted by atomic mass is 10.0. The van der Waals surface area contributed by atoms with Crippen molar-refractivity contribution in [2.24, 2.45) is 0 Å². The summed E-state index contributed by atoms with van der Waals surface area (Å²) in [5.41, 5.74) is 6.97. The van der Waals surface area contributed by atoms with Gasteiger partial charge in [-0.25, -0.2) is 9.97 Å². The minimum Gasteiger partial charge on any atom is -0.383 e. The van der Waals surface area contributed by atoms with Crippen LogP contribution in [0.4, 0.5) is 19.0 Å². The molecule has 0 bridgehead atoms. The number of amides is 1. The van der Waals surface area contributed by atoms with E-state index in [1.54, 1.807) is 29.3 Å². The van der Waals surface area contributed by atoms with Crippen LogP contribution < -0.4 is 5.73 Å². The number of halogens is 3. The van der Waals surface area contributed by atoms with Crippen LogP contribution in [0.3, 0.4) is 0 Å². The number of pyridine rings is 1. The molecule has 5 rings (SSSR count). The predicted molar refractivity (Wildman–Crippen MR) is 122 cm³/mol. The zero-order valence-corrected chi connectivity index (χ0v) is 18.8. The van der Waals surface area contributed by atoms with E-state index in [9.17, 15) is 18.0 Å². The van der Waals surface area contributed by atoms with Gasteiger partial charge in [-0.3, -0.25) is 4.79 Å². The second-order valence-electron chi connectivity index (χ2n) is 8.58. The van der Waals surface area contributed by atoms with E-state index in [0.29, 0.717) is 23.3 Å². The Kier molecular flexibility index (Phi) is 5.62. The van der Waals surface area contributed by atoms with Crippen LogP contribution in [0.1, 0.15) is 52.0 Å². The zero-order chi connectivity index (χ0) is 24.7. The molecule has 35 heavy (non-hydrogen) atoms. The van der Waals surface area contributed by atoms with E-state index in [4.69, 9.17) is 5.73 Å². The summed E-state index contributed by atoms with van der Waals surface area (Å²) in [7, 11) is 0. The predicted octanol–water partition coefficient (Wildman–Crippen LogP) is 4.31. The van der Waals surface area contributed by atoms with E-state index in [1.807, 2.05) is 23.8 Å². The lowest BCUT2D eigenvalue weighted by Gasteiger charge is -2.34. The number of fused-ring (bicyclic) bond motifs is 2. The number of anilines is 1. The van der Waals surface area contributed by atoms with E-state index in [2.05, 4.69) is 20.2 Å². The summed E-state index contributed by atoms with van der Waals surface area (Å²) in [6.45, 7) is 2.61. The molecule has 0 aliphatic carbocycles. The molecule has 2 N–H and O–H groups in total. The molecule has 1 atom stereocenters. The number of nitrogens with two attached hydrogens (primary N) is 1. The topological polar surface area (TPSA) is 103 Å². The largest absolute Gasteiger partial charge is 0.435 e. The molecular weight excluding hydrogens is 459 g/mol. The fourth-order valence-corrected chi connectivity index (χ4v) is 4.38. The van der Waals surface area contributed by atoms with Crippen LogP contribution in [0, 0.1) is 6.92 Å². The van der Waals surface area contributed by atoms with Gasteiger partial charge >= 0.3 is 6.18 Å². The highest BCUT2D eigenvalue weighted by molar-refractivity contribution is 5.98. The number of alkyl halides is 3. The van der Waals surface area contributed by atoms with Crippen LogP contribution in [0.25, 0.3) is 10.9 Å². The second kappa shape index (κ2) is 8.64. The van der Waals surface area contributed by atoms with E-state index in [0.717, 1.165) is 35.8 Å². The molecule has 3 aromatic heterocycles. The lowest BCUT2D eigenvalue weighted by Crippen LogP contribution is -2.38. The fraction of sp³-hybridized carbons (Fsp3) is 0.292. The maximum absolute atomic E-state index is 13.8. The molecule has 0 saturated heterocycles. The van der Waals surface area contributed by atoms with Gasteiger partial charge in [0.1, 0.15) is 11.6 Å². The first-order valence-corrected chi connectivity index (χ1v) is 11.1. The summed E-state index contributed by atoms with van der Waals surface area (Å²) in [5.74, 6) is 0.869. The number of nitrogen functional groups attached to an aromatic ring is 1. The number of imidazole rings is 1. The molecule has 11 heteroatoms. The average molecular weight is 481 g/mol. The Morgan fingerprint density at radius 3 is 2.77 bits per heavy atom. The molecule has 1 amide bonds. The number of carbonyl (C=O) groups excluding carboxylic acids is 1. The first kappa shape index (κ1) is 22.8. The van der Waals surface area contributed by atoms with Gasteiger partial charge in [-0.2, -0.15) is 18.3 Å². The molecule has 1 aromatic carbocycles. The first-order chi connectivity index (χ1) is 16.7. The third kappa shape index (κ3) is 4.41. The number of benzene rings is 1. The van der Waals surface area contributed by atoms with Gasteiger partial charge in [-0.1, -0.05) is 0 Å². The standard InChI is InChI=1S/C24H22F3N7O/c1-14-11-16-12-15(4-6-18(16)30-21(14)28)23(35)34(19-3-2-9-33-10-8-29-22(19)33)13-17-5-7-20(32-31-17)24(25,26)27/h4-8,10-12,19H,2-3,9,13H2,1H3,(H2,28,30)/t19-/m1/s1. The van der Waals surface area contributed by atoms with Crippen molar-refractivity contribution in [2.75, 3.05) is 5.73 Å². The summed E-state index contributed by atoms with van der Waals surface area (Å²) >= 11 is 0. The molecule has 0 unspecified atom stereocenters. The fourth-order valence-electron chi connectivity index (χ4n) is 4.38. The summed E-state index contributed by atoms with van der Waals surface area (Å²) in [5, 5.41) is 7.84. The van der Waals surface area contributed by atoms with Crippen molar-refractivity contribution < 1.29 is 18.0 Å². The van der Waals surface area contributed by atoms with Crippen molar-refractivity contribution in [3.8, 4) is 0 Å². The molecule has 4 heterocycles. The molecule has 4 aromatic rings. The van der Waals surface area contributed by atoms with Crippen LogP contribution in [-0.4, -0.2) is 35.5 Å². The quantitative estimate of drug-likeness (QED) is 0.466. The molecule has 180 valence electrons. The zero-order valence-electron chi connectivity index (χ0n) is 18.8. The molecule has 1 aliphatic heterocycles. The van der Waals surface area contributed by atoms with E-state index >= 15 is 0 Å². The molecule has 0 fully saturated rings. The smallest absolute Gasteiger partial charge is 0.383 e. The van der Waals surface area contributed by atoms with Crippen molar-refractivity contribution in [3.63, 3.8) is 0 Å². The van der Waals surface area contributed by atoms with E-state index in [-0.39, 0.29) is 24.2 Å². The van der Waals surface area contributed by atoms with Crippen molar-refractivity contribution in [3.05, 3.63) is 77.1 Å². The maximum atomic E-state index is 13.8. The monoisotopic (exact) mass is 481 g/mol. The number of aromatic nitrogens is 5. The van der Waals surface area contributed by atoms with Gasteiger partial charge in [0.05, 0.1) is 23.8 Å². The summed E-state index contributed by atoms with van der Waals surface area (Å²) in [6.07, 6.45) is 0.452. The minimum absolute atomic E-state index is 0.0153. The average Bonchev–Trinajstić information content (AvgIpc) is 3.32. The van der Waals surface area contributed by atoms with Gasteiger partial charge in [0.25, 0.3) is 5.91 Å². The van der Waals surface area contributed by atoms with Crippen LogP contribution >= 0.6 is 0 Å². The van der Waals surface area contributed by atoms with Crippen molar-refractivity contribution in [2.45, 2.75) is 45.1 Å². The Balaban J connectivity index is 1.53. The molecule has 0 radical (unpaired) electrons. The van der Waals surface area contributed by atoms with E-state index < -0.39 is 11.9 Å². The molecule has 8 nitrogen and oxygen atoms in total. The van der Waals surface area contributed by atoms with Crippen molar-refractivity contribution in [1.29, 1.82) is 0 Å². The molecular formula is C24H22F3N7O. The highest BCUT2D eigenvalue weighted by atomic mass is 19.4. The maximum Gasteiger partial charge on any atom is 0.435 e. The van der Waals surface area contributed by atoms with Gasteiger partial charge in [0, 0.05) is 29.9 Å². The number of carbonyl (C=O) groups is 1. The number of aryl methyl sites for hydroxylation is 2.